The summed E-state index contributed by atoms with van der Waals surface area (Å²) in [5.74, 6) is -0.607. The van der Waals surface area contributed by atoms with Gasteiger partial charge in [-0.2, -0.15) is 5.10 Å². The van der Waals surface area contributed by atoms with E-state index in [9.17, 15) is 19.3 Å². The van der Waals surface area contributed by atoms with Crippen LogP contribution in [0.15, 0.2) is 65.8 Å². The molecule has 0 radical (unpaired) electrons. The largest absolute Gasteiger partial charge is 0.486 e. The summed E-state index contributed by atoms with van der Waals surface area (Å²) >= 11 is 12.5. The Balaban J connectivity index is 1.60. The van der Waals surface area contributed by atoms with Crippen LogP contribution in [0.1, 0.15) is 16.7 Å². The quantitative estimate of drug-likeness (QED) is 0.271. The lowest BCUT2D eigenvalue weighted by Gasteiger charge is -2.11. The Morgan fingerprint density at radius 1 is 1.12 bits per heavy atom. The molecule has 32 heavy (non-hydrogen) atoms. The molecular weight excluding hydrogens is 460 g/mol. The number of nitro benzene ring substituents is 1. The van der Waals surface area contributed by atoms with Crippen LogP contribution in [0.3, 0.4) is 0 Å². The minimum atomic E-state index is -0.546. The summed E-state index contributed by atoms with van der Waals surface area (Å²) < 4.78 is 18.6. The zero-order valence-corrected chi connectivity index (χ0v) is 17.9. The molecule has 0 heterocycles. The molecule has 0 aliphatic heterocycles. The number of para-hydroxylation sites is 1. The van der Waals surface area contributed by atoms with Crippen molar-refractivity contribution in [2.75, 3.05) is 0 Å². The van der Waals surface area contributed by atoms with Gasteiger partial charge in [-0.15, -0.1) is 0 Å². The number of benzene rings is 3. The monoisotopic (exact) mass is 475 g/mol. The van der Waals surface area contributed by atoms with E-state index in [4.69, 9.17) is 27.9 Å². The van der Waals surface area contributed by atoms with Gasteiger partial charge in [0.15, 0.2) is 5.75 Å². The minimum absolute atomic E-state index is 0.138. The van der Waals surface area contributed by atoms with Crippen LogP contribution in [0.25, 0.3) is 0 Å². The number of nitro groups is 1. The standard InChI is InChI=1S/C22H16Cl2FN3O4/c23-18-9-15(10-19(24)22(18)32-13-14-5-7-17(25)8-6-14)12-26-27-21(29)11-16-3-1-2-4-20(16)28(30)31/h1-10,12H,11,13H2,(H,27,29)/b26-12+. The molecular formula is C22H16Cl2FN3O4. The number of amides is 1. The average molecular weight is 476 g/mol. The van der Waals surface area contributed by atoms with Crippen LogP contribution in [0, 0.1) is 15.9 Å². The number of hydrazone groups is 1. The van der Waals surface area contributed by atoms with Crippen LogP contribution < -0.4 is 10.2 Å². The van der Waals surface area contributed by atoms with Crippen LogP contribution in [-0.4, -0.2) is 17.0 Å². The van der Waals surface area contributed by atoms with Gasteiger partial charge < -0.3 is 4.74 Å². The number of rotatable bonds is 8. The summed E-state index contributed by atoms with van der Waals surface area (Å²) in [6, 6.07) is 14.9. The van der Waals surface area contributed by atoms with E-state index in [0.29, 0.717) is 5.56 Å². The second-order valence-electron chi connectivity index (χ2n) is 6.58. The molecule has 1 N–H and O–H groups in total. The molecule has 0 aliphatic rings. The van der Waals surface area contributed by atoms with E-state index < -0.39 is 10.8 Å². The molecule has 3 aromatic carbocycles. The summed E-state index contributed by atoms with van der Waals surface area (Å²) in [5, 5.41) is 15.3. The number of nitrogens with zero attached hydrogens (tertiary/aromatic N) is 2. The van der Waals surface area contributed by atoms with Crippen molar-refractivity contribution in [1.82, 2.24) is 5.43 Å². The third-order valence-corrected chi connectivity index (χ3v) is 4.82. The van der Waals surface area contributed by atoms with Crippen molar-refractivity contribution in [3.8, 4) is 5.75 Å². The van der Waals surface area contributed by atoms with Crippen molar-refractivity contribution in [2.24, 2.45) is 5.10 Å². The molecule has 0 saturated carbocycles. The van der Waals surface area contributed by atoms with E-state index >= 15 is 0 Å². The van der Waals surface area contributed by atoms with Gasteiger partial charge in [0.2, 0.25) is 5.91 Å². The first-order chi connectivity index (χ1) is 15.3. The van der Waals surface area contributed by atoms with Gasteiger partial charge in [0.1, 0.15) is 12.4 Å². The van der Waals surface area contributed by atoms with Gasteiger partial charge in [0.05, 0.1) is 27.6 Å². The molecule has 0 atom stereocenters. The molecule has 7 nitrogen and oxygen atoms in total. The van der Waals surface area contributed by atoms with Crippen molar-refractivity contribution in [1.29, 1.82) is 0 Å². The molecule has 164 valence electrons. The molecule has 0 spiro atoms. The molecule has 3 rings (SSSR count). The predicted molar refractivity (Wildman–Crippen MR) is 120 cm³/mol. The normalized spacial score (nSPS) is 10.8. The van der Waals surface area contributed by atoms with Gasteiger partial charge in [-0.1, -0.05) is 53.5 Å². The number of nitrogens with one attached hydrogen (secondary N) is 1. The molecule has 10 heteroatoms. The van der Waals surface area contributed by atoms with Gasteiger partial charge in [-0.3, -0.25) is 14.9 Å². The second-order valence-corrected chi connectivity index (χ2v) is 7.40. The highest BCUT2D eigenvalue weighted by atomic mass is 35.5. The van der Waals surface area contributed by atoms with E-state index in [2.05, 4.69) is 10.5 Å². The van der Waals surface area contributed by atoms with E-state index in [1.54, 1.807) is 30.3 Å². The van der Waals surface area contributed by atoms with Gasteiger partial charge in [-0.05, 0) is 35.4 Å². The Bertz CT molecular complexity index is 1150. The zero-order valence-electron chi connectivity index (χ0n) is 16.4. The first kappa shape index (κ1) is 23.2. The fraction of sp³-hybridized carbons (Fsp3) is 0.0909. The van der Waals surface area contributed by atoms with Crippen molar-refractivity contribution in [3.63, 3.8) is 0 Å². The highest BCUT2D eigenvalue weighted by Crippen LogP contribution is 2.34. The number of carbonyl (C=O) groups excluding carboxylic acids is 1. The summed E-state index contributed by atoms with van der Waals surface area (Å²) in [4.78, 5) is 22.5. The van der Waals surface area contributed by atoms with Gasteiger partial charge >= 0.3 is 0 Å². The lowest BCUT2D eigenvalue weighted by molar-refractivity contribution is -0.385. The lowest BCUT2D eigenvalue weighted by Crippen LogP contribution is -2.20. The molecule has 0 aliphatic carbocycles. The summed E-state index contributed by atoms with van der Waals surface area (Å²) in [6.07, 6.45) is 1.13. The lowest BCUT2D eigenvalue weighted by atomic mass is 10.1. The third-order valence-electron chi connectivity index (χ3n) is 4.26. The zero-order chi connectivity index (χ0) is 23.1. The highest BCUT2D eigenvalue weighted by Gasteiger charge is 2.15. The Kier molecular flexibility index (Phi) is 7.75. The van der Waals surface area contributed by atoms with Crippen molar-refractivity contribution in [3.05, 3.63) is 103 Å². The van der Waals surface area contributed by atoms with Crippen molar-refractivity contribution >= 4 is 41.0 Å². The number of ether oxygens (including phenoxy) is 1. The van der Waals surface area contributed by atoms with E-state index in [-0.39, 0.29) is 45.9 Å². The molecule has 3 aromatic rings. The molecule has 0 unspecified atom stereocenters. The number of hydrogen-bond acceptors (Lipinski definition) is 5. The topological polar surface area (TPSA) is 93.8 Å². The Hall–Kier alpha value is -3.49. The fourth-order valence-corrected chi connectivity index (χ4v) is 3.37. The maximum Gasteiger partial charge on any atom is 0.273 e. The summed E-state index contributed by atoms with van der Waals surface area (Å²) in [6.45, 7) is 0.148. The van der Waals surface area contributed by atoms with Gasteiger partial charge in [0, 0.05) is 11.6 Å². The van der Waals surface area contributed by atoms with Crippen molar-refractivity contribution in [2.45, 2.75) is 13.0 Å². The SMILES string of the molecule is O=C(Cc1ccccc1[N+](=O)[O-])N/N=C/c1cc(Cl)c(OCc2ccc(F)cc2)c(Cl)c1. The maximum atomic E-state index is 13.0. The van der Waals surface area contributed by atoms with Crippen LogP contribution in [0.5, 0.6) is 5.75 Å². The van der Waals surface area contributed by atoms with Crippen LogP contribution >= 0.6 is 23.2 Å². The number of hydrogen-bond donors (Lipinski definition) is 1. The molecule has 1 amide bonds. The second kappa shape index (κ2) is 10.7. The molecule has 0 fully saturated rings. The maximum absolute atomic E-state index is 13.0. The third kappa shape index (κ3) is 6.26. The smallest absolute Gasteiger partial charge is 0.273 e. The van der Waals surface area contributed by atoms with Crippen LogP contribution in [0.4, 0.5) is 10.1 Å². The summed E-state index contributed by atoms with van der Waals surface area (Å²) in [5.41, 5.74) is 3.69. The predicted octanol–water partition coefficient (Wildman–Crippen LogP) is 5.31. The Labute approximate surface area is 192 Å². The average Bonchev–Trinajstić information content (AvgIpc) is 2.74. The van der Waals surface area contributed by atoms with Crippen LogP contribution in [-0.2, 0) is 17.8 Å². The van der Waals surface area contributed by atoms with E-state index in [0.717, 1.165) is 5.56 Å². The fourth-order valence-electron chi connectivity index (χ4n) is 2.76. The number of carbonyl (C=O) groups is 1. The first-order valence-corrected chi connectivity index (χ1v) is 9.99. The Morgan fingerprint density at radius 3 is 2.44 bits per heavy atom. The first-order valence-electron chi connectivity index (χ1n) is 9.24. The van der Waals surface area contributed by atoms with E-state index in [1.165, 1.54) is 36.5 Å². The van der Waals surface area contributed by atoms with Gasteiger partial charge in [-0.25, -0.2) is 9.82 Å². The molecule has 0 aromatic heterocycles. The Morgan fingerprint density at radius 2 is 1.78 bits per heavy atom. The molecule has 0 bridgehead atoms. The van der Waals surface area contributed by atoms with Crippen molar-refractivity contribution < 1.29 is 18.8 Å². The van der Waals surface area contributed by atoms with E-state index in [1.807, 2.05) is 0 Å². The molecule has 0 saturated heterocycles. The summed E-state index contributed by atoms with van der Waals surface area (Å²) in [7, 11) is 0. The highest BCUT2D eigenvalue weighted by molar-refractivity contribution is 6.37. The van der Waals surface area contributed by atoms with Crippen LogP contribution in [0.2, 0.25) is 10.0 Å². The number of halogens is 3. The van der Waals surface area contributed by atoms with Gasteiger partial charge in [0.25, 0.3) is 5.69 Å². The minimum Gasteiger partial charge on any atom is -0.486 e.